The molecule has 0 spiro atoms. The third kappa shape index (κ3) is 6.40. The van der Waals surface area contributed by atoms with Crippen molar-refractivity contribution < 1.29 is 4.43 Å². The summed E-state index contributed by atoms with van der Waals surface area (Å²) in [7, 11) is -2.49. The molecule has 2 aliphatic carbocycles. The SMILES string of the molecule is CC(C)(C)[Si](OCC/C=C(\Cl)B(C1CCCCC1)C1CCCCC1)(c1ccccc1)c1ccccc1. The third-order valence-corrected chi connectivity index (χ3v) is 14.3. The normalized spacial score (nSPS) is 18.8. The average molecular weight is 521 g/mol. The summed E-state index contributed by atoms with van der Waals surface area (Å²) in [6.45, 7) is 8.34. The molecule has 0 atom stereocenters. The van der Waals surface area contributed by atoms with E-state index in [1.807, 2.05) is 0 Å². The Balaban J connectivity index is 1.55. The Labute approximate surface area is 227 Å². The van der Waals surface area contributed by atoms with Gasteiger partial charge in [-0.2, -0.15) is 0 Å². The largest absolute Gasteiger partial charge is 0.407 e. The van der Waals surface area contributed by atoms with Gasteiger partial charge in [0.1, 0.15) is 0 Å². The summed E-state index contributed by atoms with van der Waals surface area (Å²) in [5.41, 5.74) is 0. The van der Waals surface area contributed by atoms with Crippen LogP contribution in [0.2, 0.25) is 16.7 Å². The minimum Gasteiger partial charge on any atom is -0.407 e. The fraction of sp³-hybridized carbons (Fsp3) is 0.562. The van der Waals surface area contributed by atoms with Gasteiger partial charge in [0.15, 0.2) is 6.71 Å². The highest BCUT2D eigenvalue weighted by atomic mass is 35.5. The summed E-state index contributed by atoms with van der Waals surface area (Å²) in [4.78, 5) is 1.14. The van der Waals surface area contributed by atoms with E-state index in [4.69, 9.17) is 16.0 Å². The molecule has 4 rings (SSSR count). The Hall–Kier alpha value is -1.29. The maximum Gasteiger partial charge on any atom is 0.261 e. The molecule has 1 nitrogen and oxygen atoms in total. The van der Waals surface area contributed by atoms with Gasteiger partial charge in [-0.1, -0.05) is 163 Å². The maximum absolute atomic E-state index is 7.20. The molecule has 36 heavy (non-hydrogen) atoms. The highest BCUT2D eigenvalue weighted by molar-refractivity contribution is 6.99. The Morgan fingerprint density at radius 2 is 1.25 bits per heavy atom. The summed E-state index contributed by atoms with van der Waals surface area (Å²) in [6.07, 6.45) is 17.0. The minimum atomic E-state index is -2.49. The van der Waals surface area contributed by atoms with Crippen LogP contribution in [-0.2, 0) is 4.43 Å². The molecule has 2 aliphatic rings. The zero-order chi connectivity index (χ0) is 25.4. The van der Waals surface area contributed by atoms with Gasteiger partial charge in [0.05, 0.1) is 0 Å². The highest BCUT2D eigenvalue weighted by Gasteiger charge is 2.50. The van der Waals surface area contributed by atoms with Gasteiger partial charge in [-0.15, -0.1) is 11.6 Å². The molecule has 2 saturated carbocycles. The fourth-order valence-electron chi connectivity index (χ4n) is 7.13. The zero-order valence-electron chi connectivity index (χ0n) is 22.9. The van der Waals surface area contributed by atoms with Crippen molar-refractivity contribution in [2.75, 3.05) is 6.61 Å². The maximum atomic E-state index is 7.20. The smallest absolute Gasteiger partial charge is 0.261 e. The summed E-state index contributed by atoms with van der Waals surface area (Å²) in [5.74, 6) is 1.56. The van der Waals surface area contributed by atoms with E-state index in [9.17, 15) is 0 Å². The lowest BCUT2D eigenvalue weighted by molar-refractivity contribution is 0.304. The predicted octanol–water partition coefficient (Wildman–Crippen LogP) is 8.78. The molecule has 2 aromatic rings. The van der Waals surface area contributed by atoms with Crippen molar-refractivity contribution >= 4 is 37.0 Å². The van der Waals surface area contributed by atoms with Crippen molar-refractivity contribution in [2.24, 2.45) is 0 Å². The Morgan fingerprint density at radius 3 is 1.67 bits per heavy atom. The molecule has 0 amide bonds. The van der Waals surface area contributed by atoms with Gasteiger partial charge in [0, 0.05) is 6.61 Å². The highest BCUT2D eigenvalue weighted by Crippen LogP contribution is 2.45. The van der Waals surface area contributed by atoms with Crippen LogP contribution in [0, 0.1) is 0 Å². The second kappa shape index (κ2) is 13.0. The first-order valence-electron chi connectivity index (χ1n) is 14.5. The number of hydrogen-bond donors (Lipinski definition) is 0. The number of halogens is 1. The van der Waals surface area contributed by atoms with E-state index in [2.05, 4.69) is 87.5 Å². The van der Waals surface area contributed by atoms with Crippen LogP contribution in [0.4, 0.5) is 0 Å². The third-order valence-electron chi connectivity index (χ3n) is 8.83. The standard InChI is InChI=1S/C32H46BClOSi/c1-32(2,3)36(29-21-12-6-13-22-29,30-23-14-7-15-24-30)35-26-16-25-31(34)33(27-17-8-4-9-18-27)28-19-10-5-11-20-28/h6-7,12-15,21-25,27-28H,4-5,8-11,16-20,26H2,1-3H3/b31-25-. The van der Waals surface area contributed by atoms with Crippen LogP contribution in [-0.4, -0.2) is 21.6 Å². The summed E-state index contributed by atoms with van der Waals surface area (Å²) in [6, 6.07) is 21.9. The van der Waals surface area contributed by atoms with Crippen molar-refractivity contribution in [3.8, 4) is 0 Å². The van der Waals surface area contributed by atoms with Gasteiger partial charge in [-0.05, 0) is 26.8 Å². The molecule has 0 bridgehead atoms. The molecule has 4 heteroatoms. The molecule has 0 N–H and O–H groups in total. The molecule has 194 valence electrons. The Bertz CT molecular complexity index is 886. The molecule has 0 unspecified atom stereocenters. The molecule has 0 aromatic heterocycles. The Morgan fingerprint density at radius 1 is 0.806 bits per heavy atom. The van der Waals surface area contributed by atoms with Crippen molar-refractivity contribution in [1.29, 1.82) is 0 Å². The topological polar surface area (TPSA) is 9.23 Å². The minimum absolute atomic E-state index is 0.00987. The van der Waals surface area contributed by atoms with Crippen LogP contribution >= 0.6 is 11.6 Å². The van der Waals surface area contributed by atoms with Gasteiger partial charge in [0.2, 0.25) is 0 Å². The second-order valence-corrected chi connectivity index (χ2v) is 17.0. The lowest BCUT2D eigenvalue weighted by Gasteiger charge is -2.43. The molecule has 0 heterocycles. The van der Waals surface area contributed by atoms with E-state index >= 15 is 0 Å². The van der Waals surface area contributed by atoms with Crippen LogP contribution in [0.3, 0.4) is 0 Å². The first kappa shape index (κ1) is 27.7. The molecule has 2 fully saturated rings. The van der Waals surface area contributed by atoms with Crippen molar-refractivity contribution in [1.82, 2.24) is 0 Å². The molecule has 2 aromatic carbocycles. The van der Waals surface area contributed by atoms with Gasteiger partial charge in [-0.25, -0.2) is 0 Å². The van der Waals surface area contributed by atoms with E-state index in [0.29, 0.717) is 13.3 Å². The van der Waals surface area contributed by atoms with Crippen LogP contribution < -0.4 is 10.4 Å². The second-order valence-electron chi connectivity index (χ2n) is 12.2. The monoisotopic (exact) mass is 520 g/mol. The van der Waals surface area contributed by atoms with Crippen LogP contribution in [0.15, 0.2) is 71.7 Å². The fourth-order valence-corrected chi connectivity index (χ4v) is 12.2. The van der Waals surface area contributed by atoms with E-state index in [1.54, 1.807) is 0 Å². The lowest BCUT2D eigenvalue weighted by Crippen LogP contribution is -2.66. The number of benzene rings is 2. The zero-order valence-corrected chi connectivity index (χ0v) is 24.6. The van der Waals surface area contributed by atoms with Crippen LogP contribution in [0.1, 0.15) is 91.4 Å². The first-order valence-corrected chi connectivity index (χ1v) is 16.8. The van der Waals surface area contributed by atoms with Gasteiger partial charge in [-0.3, -0.25) is 0 Å². The van der Waals surface area contributed by atoms with Gasteiger partial charge >= 0.3 is 0 Å². The average Bonchev–Trinajstić information content (AvgIpc) is 2.90. The van der Waals surface area contributed by atoms with E-state index in [0.717, 1.165) is 23.0 Å². The Kier molecular flexibility index (Phi) is 10.0. The van der Waals surface area contributed by atoms with Gasteiger partial charge in [0.25, 0.3) is 8.32 Å². The van der Waals surface area contributed by atoms with E-state index in [-0.39, 0.29) is 5.04 Å². The number of rotatable bonds is 9. The van der Waals surface area contributed by atoms with Crippen LogP contribution in [0.25, 0.3) is 0 Å². The number of hydrogen-bond acceptors (Lipinski definition) is 1. The van der Waals surface area contributed by atoms with Crippen molar-refractivity contribution in [2.45, 2.75) is 108 Å². The van der Waals surface area contributed by atoms with Crippen molar-refractivity contribution in [3.63, 3.8) is 0 Å². The predicted molar refractivity (Wildman–Crippen MR) is 162 cm³/mol. The van der Waals surface area contributed by atoms with E-state index in [1.165, 1.54) is 74.6 Å². The lowest BCUT2D eigenvalue weighted by atomic mass is 9.30. The molecule has 0 saturated heterocycles. The summed E-state index contributed by atoms with van der Waals surface area (Å²) >= 11 is 7.20. The molecule has 0 radical (unpaired) electrons. The molecule has 0 aliphatic heterocycles. The molecular formula is C32H46BClOSi. The van der Waals surface area contributed by atoms with Gasteiger partial charge < -0.3 is 4.43 Å². The first-order chi connectivity index (χ1) is 17.4. The molecular weight excluding hydrogens is 475 g/mol. The van der Waals surface area contributed by atoms with Crippen LogP contribution in [0.5, 0.6) is 0 Å². The quantitative estimate of drug-likeness (QED) is 0.237. The summed E-state index contributed by atoms with van der Waals surface area (Å²) < 4.78 is 7.12. The van der Waals surface area contributed by atoms with Crippen molar-refractivity contribution in [3.05, 3.63) is 71.7 Å². The van der Waals surface area contributed by atoms with E-state index < -0.39 is 8.32 Å². The summed E-state index contributed by atoms with van der Waals surface area (Å²) in [5, 5.41) is 2.71.